The van der Waals surface area contributed by atoms with Crippen LogP contribution in [-0.4, -0.2) is 26.7 Å². The first-order chi connectivity index (χ1) is 9.75. The molecule has 0 aliphatic carbocycles. The van der Waals surface area contributed by atoms with Crippen LogP contribution in [-0.2, 0) is 18.6 Å². The van der Waals surface area contributed by atoms with Gasteiger partial charge in [-0.05, 0) is 20.0 Å². The van der Waals surface area contributed by atoms with E-state index in [0.29, 0.717) is 13.2 Å². The van der Waals surface area contributed by atoms with E-state index in [1.54, 1.807) is 17.4 Å². The second-order valence-corrected chi connectivity index (χ2v) is 7.38. The van der Waals surface area contributed by atoms with E-state index >= 15 is 0 Å². The van der Waals surface area contributed by atoms with Gasteiger partial charge in [-0.2, -0.15) is 5.10 Å². The molecule has 0 unspecified atom stereocenters. The van der Waals surface area contributed by atoms with Crippen molar-refractivity contribution < 1.29 is 0 Å². The van der Waals surface area contributed by atoms with Gasteiger partial charge in [0.25, 0.3) is 5.56 Å². The van der Waals surface area contributed by atoms with Gasteiger partial charge in [0.2, 0.25) is 0 Å². The van der Waals surface area contributed by atoms with Crippen molar-refractivity contribution in [3.63, 3.8) is 0 Å². The first kappa shape index (κ1) is 15.9. The smallest absolute Gasteiger partial charge is 0.267 e. The van der Waals surface area contributed by atoms with Gasteiger partial charge in [-0.15, -0.1) is 11.3 Å². The van der Waals surface area contributed by atoms with E-state index in [-0.39, 0.29) is 11.0 Å². The summed E-state index contributed by atoms with van der Waals surface area (Å²) in [5.74, 6) is 0. The largest absolute Gasteiger partial charge is 0.281 e. The van der Waals surface area contributed by atoms with Crippen molar-refractivity contribution in [2.24, 2.45) is 0 Å². The highest BCUT2D eigenvalue weighted by Crippen LogP contribution is 2.18. The van der Waals surface area contributed by atoms with Gasteiger partial charge in [0.05, 0.1) is 23.1 Å². The van der Waals surface area contributed by atoms with Crippen LogP contribution < -0.4 is 5.56 Å². The summed E-state index contributed by atoms with van der Waals surface area (Å²) in [6, 6.07) is 3.40. The standard InChI is InChI=1S/C15H22N4OS/c1-11-16-12(9-21-11)8-18(5)10-19-14(20)7-6-13(17-19)15(2,3)4/h6-7,9H,8,10H2,1-5H3. The Morgan fingerprint density at radius 2 is 2.05 bits per heavy atom. The molecule has 0 amide bonds. The minimum absolute atomic E-state index is 0.0694. The molecule has 0 spiro atoms. The van der Waals surface area contributed by atoms with Crippen LogP contribution in [0.2, 0.25) is 0 Å². The van der Waals surface area contributed by atoms with Crippen LogP contribution in [0.25, 0.3) is 0 Å². The summed E-state index contributed by atoms with van der Waals surface area (Å²) in [6.07, 6.45) is 0. The van der Waals surface area contributed by atoms with Crippen LogP contribution in [0.4, 0.5) is 0 Å². The summed E-state index contributed by atoms with van der Waals surface area (Å²) >= 11 is 1.64. The molecule has 0 N–H and O–H groups in total. The van der Waals surface area contributed by atoms with Crippen LogP contribution in [0.5, 0.6) is 0 Å². The van der Waals surface area contributed by atoms with E-state index < -0.39 is 0 Å². The Balaban J connectivity index is 2.13. The predicted molar refractivity (Wildman–Crippen MR) is 85.5 cm³/mol. The molecule has 21 heavy (non-hydrogen) atoms. The zero-order valence-corrected chi connectivity index (χ0v) is 14.1. The summed E-state index contributed by atoms with van der Waals surface area (Å²) in [7, 11) is 1.96. The highest BCUT2D eigenvalue weighted by atomic mass is 32.1. The van der Waals surface area contributed by atoms with Crippen molar-refractivity contribution in [3.05, 3.63) is 44.3 Å². The van der Waals surface area contributed by atoms with E-state index in [1.165, 1.54) is 4.68 Å². The molecule has 2 heterocycles. The lowest BCUT2D eigenvalue weighted by atomic mass is 9.92. The average Bonchev–Trinajstić information content (AvgIpc) is 2.76. The number of thiazole rings is 1. The van der Waals surface area contributed by atoms with Gasteiger partial charge >= 0.3 is 0 Å². The van der Waals surface area contributed by atoms with Crippen LogP contribution in [0.3, 0.4) is 0 Å². The summed E-state index contributed by atoms with van der Waals surface area (Å²) < 4.78 is 1.51. The molecule has 2 rings (SSSR count). The third-order valence-electron chi connectivity index (χ3n) is 3.11. The lowest BCUT2D eigenvalue weighted by Gasteiger charge is -2.21. The summed E-state index contributed by atoms with van der Waals surface area (Å²) in [5.41, 5.74) is 1.80. The molecule has 2 aromatic rings. The minimum atomic E-state index is -0.0793. The first-order valence-electron chi connectivity index (χ1n) is 6.94. The second kappa shape index (κ2) is 6.07. The van der Waals surface area contributed by atoms with E-state index in [2.05, 4.69) is 30.9 Å². The van der Waals surface area contributed by atoms with E-state index in [9.17, 15) is 4.79 Å². The van der Waals surface area contributed by atoms with Gasteiger partial charge in [0, 0.05) is 23.4 Å². The van der Waals surface area contributed by atoms with Crippen molar-refractivity contribution >= 4 is 11.3 Å². The van der Waals surface area contributed by atoms with Crippen LogP contribution in [0, 0.1) is 6.92 Å². The average molecular weight is 306 g/mol. The zero-order valence-electron chi connectivity index (χ0n) is 13.3. The van der Waals surface area contributed by atoms with Crippen molar-refractivity contribution in [1.82, 2.24) is 19.7 Å². The highest BCUT2D eigenvalue weighted by Gasteiger charge is 2.17. The highest BCUT2D eigenvalue weighted by molar-refractivity contribution is 7.09. The monoisotopic (exact) mass is 306 g/mol. The van der Waals surface area contributed by atoms with Gasteiger partial charge in [0.1, 0.15) is 0 Å². The number of aryl methyl sites for hydroxylation is 1. The number of hydrogen-bond donors (Lipinski definition) is 0. The van der Waals surface area contributed by atoms with Crippen molar-refractivity contribution in [2.75, 3.05) is 7.05 Å². The van der Waals surface area contributed by atoms with E-state index in [1.807, 2.05) is 30.3 Å². The number of nitrogens with zero attached hydrogens (tertiary/aromatic N) is 4. The Morgan fingerprint density at radius 1 is 1.33 bits per heavy atom. The number of aromatic nitrogens is 3. The summed E-state index contributed by atoms with van der Waals surface area (Å²) in [5, 5.41) is 7.58. The lowest BCUT2D eigenvalue weighted by molar-refractivity contribution is 0.235. The lowest BCUT2D eigenvalue weighted by Crippen LogP contribution is -2.33. The van der Waals surface area contributed by atoms with Gasteiger partial charge in [-0.1, -0.05) is 20.8 Å². The number of rotatable bonds is 4. The summed E-state index contributed by atoms with van der Waals surface area (Å²) in [6.45, 7) is 9.42. The predicted octanol–water partition coefficient (Wildman–Crippen LogP) is 2.40. The van der Waals surface area contributed by atoms with Crippen molar-refractivity contribution in [3.8, 4) is 0 Å². The van der Waals surface area contributed by atoms with Gasteiger partial charge < -0.3 is 0 Å². The molecule has 0 aromatic carbocycles. The van der Waals surface area contributed by atoms with Gasteiger partial charge in [0.15, 0.2) is 0 Å². The van der Waals surface area contributed by atoms with Gasteiger partial charge in [-0.3, -0.25) is 9.69 Å². The molecule has 0 aliphatic heterocycles. The molecule has 0 fully saturated rings. The maximum Gasteiger partial charge on any atom is 0.267 e. The first-order valence-corrected chi connectivity index (χ1v) is 7.82. The molecule has 0 radical (unpaired) electrons. The second-order valence-electron chi connectivity index (χ2n) is 6.32. The third kappa shape index (κ3) is 4.22. The molecule has 5 nitrogen and oxygen atoms in total. The molecule has 6 heteroatoms. The van der Waals surface area contributed by atoms with E-state index in [4.69, 9.17) is 0 Å². The number of hydrogen-bond acceptors (Lipinski definition) is 5. The Bertz CT molecular complexity index is 669. The van der Waals surface area contributed by atoms with E-state index in [0.717, 1.165) is 16.4 Å². The molecule has 0 atom stereocenters. The molecule has 114 valence electrons. The fourth-order valence-corrected chi connectivity index (χ4v) is 2.59. The van der Waals surface area contributed by atoms with Gasteiger partial charge in [-0.25, -0.2) is 9.67 Å². The zero-order chi connectivity index (χ0) is 15.6. The van der Waals surface area contributed by atoms with Crippen molar-refractivity contribution in [1.29, 1.82) is 0 Å². The Labute approximate surface area is 129 Å². The summed E-state index contributed by atoms with van der Waals surface area (Å²) in [4.78, 5) is 18.4. The molecular formula is C15H22N4OS. The quantitative estimate of drug-likeness (QED) is 0.870. The normalized spacial score (nSPS) is 12.1. The Kier molecular flexibility index (Phi) is 4.58. The van der Waals surface area contributed by atoms with Crippen LogP contribution >= 0.6 is 11.3 Å². The Hall–Kier alpha value is -1.53. The molecule has 0 aliphatic rings. The van der Waals surface area contributed by atoms with Crippen LogP contribution in [0.15, 0.2) is 22.3 Å². The molecule has 0 saturated heterocycles. The molecular weight excluding hydrogens is 284 g/mol. The fraction of sp³-hybridized carbons (Fsp3) is 0.533. The molecule has 0 bridgehead atoms. The third-order valence-corrected chi connectivity index (χ3v) is 3.93. The molecule has 0 saturated carbocycles. The maximum absolute atomic E-state index is 12.0. The topological polar surface area (TPSA) is 51.0 Å². The minimum Gasteiger partial charge on any atom is -0.281 e. The van der Waals surface area contributed by atoms with Crippen molar-refractivity contribution in [2.45, 2.75) is 46.3 Å². The SMILES string of the molecule is Cc1nc(CN(C)Cn2nc(C(C)(C)C)ccc2=O)cs1. The molecule has 2 aromatic heterocycles. The van der Waals surface area contributed by atoms with Crippen LogP contribution in [0.1, 0.15) is 37.2 Å². The Morgan fingerprint density at radius 3 is 2.62 bits per heavy atom. The maximum atomic E-state index is 12.0. The fourth-order valence-electron chi connectivity index (χ4n) is 1.99.